The second kappa shape index (κ2) is 7.22. The molecule has 1 saturated carbocycles. The van der Waals surface area contributed by atoms with Crippen molar-refractivity contribution in [1.29, 1.82) is 0 Å². The van der Waals surface area contributed by atoms with Gasteiger partial charge in [0.25, 0.3) is 0 Å². The van der Waals surface area contributed by atoms with Gasteiger partial charge in [0.15, 0.2) is 0 Å². The van der Waals surface area contributed by atoms with Crippen molar-refractivity contribution in [3.05, 3.63) is 0 Å². The summed E-state index contributed by atoms with van der Waals surface area (Å²) in [4.78, 5) is 23.8. The van der Waals surface area contributed by atoms with Crippen LogP contribution < -0.4 is 10.8 Å². The van der Waals surface area contributed by atoms with Crippen LogP contribution in [0.2, 0.25) is 0 Å². The van der Waals surface area contributed by atoms with Crippen molar-refractivity contribution < 1.29 is 19.5 Å². The van der Waals surface area contributed by atoms with E-state index < -0.39 is 11.8 Å². The molecule has 3 unspecified atom stereocenters. The van der Waals surface area contributed by atoms with Gasteiger partial charge in [0.05, 0.1) is 11.5 Å². The van der Waals surface area contributed by atoms with Crippen LogP contribution in [0.5, 0.6) is 0 Å². The van der Waals surface area contributed by atoms with Gasteiger partial charge in [-0.15, -0.1) is 0 Å². The van der Waals surface area contributed by atoms with E-state index >= 15 is 0 Å². The third-order valence-corrected chi connectivity index (χ3v) is 4.66. The molecular formula is C15H26N2O4. The Morgan fingerprint density at radius 3 is 2.76 bits per heavy atom. The summed E-state index contributed by atoms with van der Waals surface area (Å²) in [6.45, 7) is 2.81. The second-order valence-corrected chi connectivity index (χ2v) is 6.26. The average Bonchev–Trinajstić information content (AvgIpc) is 3.06. The van der Waals surface area contributed by atoms with E-state index in [0.717, 1.165) is 32.1 Å². The number of hydrogen-bond donors (Lipinski definition) is 3. The lowest BCUT2D eigenvalue weighted by atomic mass is 9.96. The third-order valence-electron chi connectivity index (χ3n) is 4.66. The number of ether oxygens (including phenoxy) is 1. The van der Waals surface area contributed by atoms with Crippen molar-refractivity contribution in [3.8, 4) is 0 Å². The molecule has 1 aliphatic carbocycles. The van der Waals surface area contributed by atoms with Gasteiger partial charge in [-0.2, -0.15) is 0 Å². The van der Waals surface area contributed by atoms with Gasteiger partial charge >= 0.3 is 0 Å². The van der Waals surface area contributed by atoms with E-state index in [0.29, 0.717) is 25.9 Å². The van der Waals surface area contributed by atoms with Gasteiger partial charge in [-0.25, -0.2) is 5.48 Å². The first-order valence-corrected chi connectivity index (χ1v) is 7.97. The molecule has 1 saturated heterocycles. The molecule has 0 radical (unpaired) electrons. The minimum Gasteiger partial charge on any atom is -0.375 e. The molecule has 0 aromatic rings. The fraction of sp³-hybridized carbons (Fsp3) is 0.867. The van der Waals surface area contributed by atoms with Crippen molar-refractivity contribution in [2.75, 3.05) is 6.61 Å². The Morgan fingerprint density at radius 1 is 1.33 bits per heavy atom. The molecule has 2 fully saturated rings. The molecule has 2 aliphatic rings. The lowest BCUT2D eigenvalue weighted by Gasteiger charge is -2.22. The minimum absolute atomic E-state index is 0.0146. The van der Waals surface area contributed by atoms with Crippen LogP contribution in [-0.2, 0) is 14.3 Å². The quantitative estimate of drug-likeness (QED) is 0.394. The molecule has 1 heterocycles. The van der Waals surface area contributed by atoms with E-state index in [1.165, 1.54) is 0 Å². The Labute approximate surface area is 125 Å². The molecule has 2 rings (SSSR count). The fourth-order valence-electron chi connectivity index (χ4n) is 3.57. The summed E-state index contributed by atoms with van der Waals surface area (Å²) in [5, 5.41) is 11.9. The van der Waals surface area contributed by atoms with E-state index in [9.17, 15) is 9.59 Å². The Kier molecular flexibility index (Phi) is 5.58. The highest BCUT2D eigenvalue weighted by Gasteiger charge is 2.50. The lowest BCUT2D eigenvalue weighted by molar-refractivity contribution is -0.134. The zero-order valence-corrected chi connectivity index (χ0v) is 12.7. The summed E-state index contributed by atoms with van der Waals surface area (Å²) in [7, 11) is 0. The van der Waals surface area contributed by atoms with Crippen molar-refractivity contribution in [2.45, 2.75) is 69.9 Å². The topological polar surface area (TPSA) is 87.7 Å². The van der Waals surface area contributed by atoms with Crippen LogP contribution in [-0.4, -0.2) is 35.3 Å². The normalized spacial score (nSPS) is 31.5. The van der Waals surface area contributed by atoms with Crippen LogP contribution in [0.3, 0.4) is 0 Å². The molecule has 0 aromatic carbocycles. The van der Waals surface area contributed by atoms with Gasteiger partial charge in [0, 0.05) is 19.1 Å². The largest absolute Gasteiger partial charge is 0.375 e. The Balaban J connectivity index is 1.94. The molecule has 3 N–H and O–H groups in total. The molecule has 1 aliphatic heterocycles. The van der Waals surface area contributed by atoms with Crippen molar-refractivity contribution in [2.24, 2.45) is 5.92 Å². The maximum Gasteiger partial charge on any atom is 0.248 e. The lowest BCUT2D eigenvalue weighted by Crippen LogP contribution is -2.43. The van der Waals surface area contributed by atoms with Crippen molar-refractivity contribution in [1.82, 2.24) is 10.8 Å². The van der Waals surface area contributed by atoms with Crippen LogP contribution in [0.15, 0.2) is 0 Å². The summed E-state index contributed by atoms with van der Waals surface area (Å²) in [6, 6.07) is -0.246. The molecule has 21 heavy (non-hydrogen) atoms. The second-order valence-electron chi connectivity index (χ2n) is 6.26. The summed E-state index contributed by atoms with van der Waals surface area (Å²) >= 11 is 0. The standard InChI is InChI=1S/C15H26N2O4/c1-2-3-4-6-13(18)16-12-10-15(7-5-8-21-15)9-11(12)14(19)17-20/h11-12,20H,2-10H2,1H3,(H,16,18)(H,17,19). The molecule has 6 nitrogen and oxygen atoms in total. The highest BCUT2D eigenvalue weighted by atomic mass is 16.5. The van der Waals surface area contributed by atoms with E-state index in [2.05, 4.69) is 12.2 Å². The van der Waals surface area contributed by atoms with E-state index in [1.807, 2.05) is 0 Å². The molecule has 120 valence electrons. The fourth-order valence-corrected chi connectivity index (χ4v) is 3.57. The monoisotopic (exact) mass is 298 g/mol. The van der Waals surface area contributed by atoms with Crippen LogP contribution in [0.25, 0.3) is 0 Å². The number of amides is 2. The van der Waals surface area contributed by atoms with Gasteiger partial charge < -0.3 is 10.1 Å². The molecule has 2 amide bonds. The summed E-state index contributed by atoms with van der Waals surface area (Å²) in [5.74, 6) is -0.858. The van der Waals surface area contributed by atoms with Crippen LogP contribution in [0.4, 0.5) is 0 Å². The zero-order valence-electron chi connectivity index (χ0n) is 12.7. The Morgan fingerprint density at radius 2 is 2.14 bits per heavy atom. The van der Waals surface area contributed by atoms with Gasteiger partial charge in [-0.3, -0.25) is 14.8 Å². The van der Waals surface area contributed by atoms with Crippen LogP contribution in [0.1, 0.15) is 58.3 Å². The van der Waals surface area contributed by atoms with Gasteiger partial charge in [0.2, 0.25) is 11.8 Å². The van der Waals surface area contributed by atoms with Crippen LogP contribution >= 0.6 is 0 Å². The predicted molar refractivity (Wildman–Crippen MR) is 76.6 cm³/mol. The first kappa shape index (κ1) is 16.2. The number of carbonyl (C=O) groups excluding carboxylic acids is 2. The van der Waals surface area contributed by atoms with E-state index in [1.54, 1.807) is 5.48 Å². The Hall–Kier alpha value is -1.14. The number of hydrogen-bond acceptors (Lipinski definition) is 4. The smallest absolute Gasteiger partial charge is 0.248 e. The van der Waals surface area contributed by atoms with E-state index in [4.69, 9.17) is 9.94 Å². The van der Waals surface area contributed by atoms with Gasteiger partial charge in [-0.1, -0.05) is 19.8 Å². The minimum atomic E-state index is -0.429. The van der Waals surface area contributed by atoms with Crippen LogP contribution in [0, 0.1) is 5.92 Å². The first-order valence-electron chi connectivity index (χ1n) is 7.97. The molecule has 1 spiro atoms. The zero-order chi connectivity index (χ0) is 15.3. The molecule has 0 bridgehead atoms. The predicted octanol–water partition coefficient (Wildman–Crippen LogP) is 1.52. The molecule has 6 heteroatoms. The highest BCUT2D eigenvalue weighted by Crippen LogP contribution is 2.44. The Bertz CT molecular complexity index is 380. The first-order chi connectivity index (χ1) is 10.1. The number of hydroxylamine groups is 1. The molecule has 0 aromatic heterocycles. The maximum absolute atomic E-state index is 12.0. The van der Waals surface area contributed by atoms with Gasteiger partial charge in [0.1, 0.15) is 0 Å². The summed E-state index contributed by atoms with van der Waals surface area (Å²) in [5.41, 5.74) is 1.43. The van der Waals surface area contributed by atoms with Crippen molar-refractivity contribution >= 4 is 11.8 Å². The highest BCUT2D eigenvalue weighted by molar-refractivity contribution is 5.81. The average molecular weight is 298 g/mol. The van der Waals surface area contributed by atoms with Gasteiger partial charge in [-0.05, 0) is 32.1 Å². The SMILES string of the molecule is CCCCCC(=O)NC1CC2(CCCO2)CC1C(=O)NO. The van der Waals surface area contributed by atoms with E-state index in [-0.39, 0.29) is 17.6 Å². The number of nitrogens with one attached hydrogen (secondary N) is 2. The van der Waals surface area contributed by atoms with Crippen molar-refractivity contribution in [3.63, 3.8) is 0 Å². The summed E-state index contributed by atoms with van der Waals surface area (Å²) in [6.07, 6.45) is 6.60. The maximum atomic E-state index is 12.0. The molecule has 3 atom stereocenters. The number of carbonyl (C=O) groups is 2. The molecular weight excluding hydrogens is 272 g/mol. The number of rotatable bonds is 6. The summed E-state index contributed by atoms with van der Waals surface area (Å²) < 4.78 is 5.82. The third kappa shape index (κ3) is 3.95. The number of unbranched alkanes of at least 4 members (excludes halogenated alkanes) is 2.